The molecule has 0 aliphatic carbocycles. The van der Waals surface area contributed by atoms with Gasteiger partial charge in [0.25, 0.3) is 5.79 Å². The van der Waals surface area contributed by atoms with Crippen molar-refractivity contribution in [2.24, 2.45) is 0 Å². The van der Waals surface area contributed by atoms with Crippen LogP contribution < -0.4 is 5.11 Å². The first-order valence-corrected chi connectivity index (χ1v) is 6.11. The molecule has 8 heteroatoms. The Hall–Kier alpha value is -2.51. The van der Waals surface area contributed by atoms with Gasteiger partial charge in [0.1, 0.15) is 11.4 Å². The lowest BCUT2D eigenvalue weighted by Gasteiger charge is -2.32. The van der Waals surface area contributed by atoms with Crippen LogP contribution in [0.2, 0.25) is 0 Å². The monoisotopic (exact) mass is 315 g/mol. The highest BCUT2D eigenvalue weighted by Gasteiger charge is 2.39. The minimum absolute atomic E-state index is 0.267. The lowest BCUT2D eigenvalue weighted by molar-refractivity contribution is -0.308. The molecule has 0 saturated carbocycles. The zero-order valence-corrected chi connectivity index (χ0v) is 11.5. The van der Waals surface area contributed by atoms with E-state index >= 15 is 0 Å². The summed E-state index contributed by atoms with van der Waals surface area (Å²) in [6.07, 6.45) is -0.816. The van der Waals surface area contributed by atoms with Gasteiger partial charge in [-0.1, -0.05) is 0 Å². The third-order valence-electron chi connectivity index (χ3n) is 2.80. The van der Waals surface area contributed by atoms with Crippen molar-refractivity contribution in [3.63, 3.8) is 0 Å². The highest BCUT2D eigenvalue weighted by atomic mass is 19.2. The Bertz CT molecular complexity index is 672. The Morgan fingerprint density at radius 2 is 1.55 bits per heavy atom. The summed E-state index contributed by atoms with van der Waals surface area (Å²) >= 11 is 0. The second kappa shape index (κ2) is 5.36. The van der Waals surface area contributed by atoms with Crippen LogP contribution in [0.1, 0.15) is 19.4 Å². The number of hydrogen-bond acceptors (Lipinski definition) is 5. The van der Waals surface area contributed by atoms with Crippen molar-refractivity contribution in [3.05, 3.63) is 46.5 Å². The molecule has 1 fully saturated rings. The zero-order chi connectivity index (χ0) is 16.7. The molecule has 0 amide bonds. The first-order valence-electron chi connectivity index (χ1n) is 6.11. The average molecular weight is 315 g/mol. The van der Waals surface area contributed by atoms with Crippen molar-refractivity contribution in [3.8, 4) is 0 Å². The molecule has 118 valence electrons. The fourth-order valence-electron chi connectivity index (χ4n) is 1.84. The number of halogens is 3. The number of ether oxygens (including phenoxy) is 2. The van der Waals surface area contributed by atoms with E-state index in [-0.39, 0.29) is 6.07 Å². The fourth-order valence-corrected chi connectivity index (χ4v) is 1.84. The minimum atomic E-state index is -1.52. The van der Waals surface area contributed by atoms with Gasteiger partial charge in [0.2, 0.25) is 0 Å². The molecule has 1 saturated heterocycles. The number of cyclic esters (lactones) is 2. The molecule has 0 unspecified atom stereocenters. The second-order valence-corrected chi connectivity index (χ2v) is 5.01. The lowest BCUT2D eigenvalue weighted by Crippen LogP contribution is -2.43. The molecule has 1 heterocycles. The van der Waals surface area contributed by atoms with Gasteiger partial charge in [-0.15, -0.1) is 5.76 Å². The zero-order valence-electron chi connectivity index (χ0n) is 11.5. The van der Waals surface area contributed by atoms with Crippen LogP contribution in [0, 0.1) is 17.5 Å². The van der Waals surface area contributed by atoms with E-state index in [0.29, 0.717) is 6.07 Å². The predicted molar refractivity (Wildman–Crippen MR) is 63.3 cm³/mol. The topological polar surface area (TPSA) is 75.7 Å². The summed E-state index contributed by atoms with van der Waals surface area (Å²) in [6.45, 7) is 2.58. The molecule has 0 bridgehead atoms. The van der Waals surface area contributed by atoms with E-state index in [4.69, 9.17) is 9.47 Å². The number of hydrogen-bond donors (Lipinski definition) is 0. The van der Waals surface area contributed by atoms with Crippen molar-refractivity contribution in [1.29, 1.82) is 0 Å². The third kappa shape index (κ3) is 3.05. The number of allylic oxidation sites excluding steroid dienone is 1. The largest absolute Gasteiger partial charge is 0.874 e. The molecule has 0 spiro atoms. The highest BCUT2D eigenvalue weighted by Crippen LogP contribution is 2.25. The van der Waals surface area contributed by atoms with Gasteiger partial charge in [0, 0.05) is 19.9 Å². The minimum Gasteiger partial charge on any atom is -0.874 e. The van der Waals surface area contributed by atoms with Crippen LogP contribution in [0.25, 0.3) is 0 Å². The Labute approximate surface area is 122 Å². The summed E-state index contributed by atoms with van der Waals surface area (Å²) < 4.78 is 48.8. The number of carbonyl (C=O) groups excluding carboxylic acids is 2. The van der Waals surface area contributed by atoms with Gasteiger partial charge >= 0.3 is 11.9 Å². The van der Waals surface area contributed by atoms with Crippen LogP contribution in [0.4, 0.5) is 13.2 Å². The predicted octanol–water partition coefficient (Wildman–Crippen LogP) is 1.10. The summed E-state index contributed by atoms with van der Waals surface area (Å²) in [4.78, 5) is 23.3. The van der Waals surface area contributed by atoms with E-state index in [1.807, 2.05) is 0 Å². The Balaban J connectivity index is 2.35. The van der Waals surface area contributed by atoms with Crippen LogP contribution in [-0.4, -0.2) is 17.7 Å². The van der Waals surface area contributed by atoms with Crippen molar-refractivity contribution in [2.75, 3.05) is 0 Å². The first-order chi connectivity index (χ1) is 10.1. The summed E-state index contributed by atoms with van der Waals surface area (Å²) in [6, 6.07) is 0.746. The maximum Gasteiger partial charge on any atom is 0.347 e. The summed E-state index contributed by atoms with van der Waals surface area (Å²) in [5, 5.41) is 11.9. The third-order valence-corrected chi connectivity index (χ3v) is 2.80. The van der Waals surface area contributed by atoms with E-state index in [2.05, 4.69) is 0 Å². The Morgan fingerprint density at radius 1 is 1.05 bits per heavy atom. The molecule has 0 radical (unpaired) electrons. The highest BCUT2D eigenvalue weighted by molar-refractivity contribution is 6.15. The van der Waals surface area contributed by atoms with Gasteiger partial charge in [0.05, 0.1) is 0 Å². The molecule has 22 heavy (non-hydrogen) atoms. The normalized spacial score (nSPS) is 17.0. The first kappa shape index (κ1) is 15.9. The summed E-state index contributed by atoms with van der Waals surface area (Å²) in [7, 11) is 0. The molecular formula is C14H10F3O5-. The molecule has 5 nitrogen and oxygen atoms in total. The van der Waals surface area contributed by atoms with E-state index in [1.54, 1.807) is 0 Å². The van der Waals surface area contributed by atoms with Crippen molar-refractivity contribution < 1.29 is 37.3 Å². The number of carbonyl (C=O) groups is 2. The van der Waals surface area contributed by atoms with E-state index < -0.39 is 58.5 Å². The van der Waals surface area contributed by atoms with Gasteiger partial charge in [-0.05, 0) is 18.1 Å². The molecule has 0 N–H and O–H groups in total. The number of benzene rings is 1. The fraction of sp³-hybridized carbons (Fsp3) is 0.286. The second-order valence-electron chi connectivity index (χ2n) is 5.01. The maximum absolute atomic E-state index is 13.5. The molecule has 0 aromatic heterocycles. The number of esters is 2. The van der Waals surface area contributed by atoms with Crippen molar-refractivity contribution in [2.45, 2.75) is 26.1 Å². The molecule has 1 aromatic carbocycles. The van der Waals surface area contributed by atoms with Gasteiger partial charge in [-0.2, -0.15) is 0 Å². The van der Waals surface area contributed by atoms with Crippen LogP contribution in [0.3, 0.4) is 0 Å². The van der Waals surface area contributed by atoms with Gasteiger partial charge in [-0.25, -0.2) is 22.8 Å². The molecule has 0 atom stereocenters. The Kier molecular flexibility index (Phi) is 3.87. The van der Waals surface area contributed by atoms with Crippen LogP contribution in [-0.2, 0) is 25.5 Å². The van der Waals surface area contributed by atoms with E-state index in [1.165, 1.54) is 13.8 Å². The van der Waals surface area contributed by atoms with Crippen LogP contribution >= 0.6 is 0 Å². The smallest absolute Gasteiger partial charge is 0.347 e. The molecular weight excluding hydrogens is 305 g/mol. The van der Waals surface area contributed by atoms with Crippen molar-refractivity contribution >= 4 is 11.9 Å². The SMILES string of the molecule is CC1(C)OC(=O)C(=C([O-])Cc2cc(F)c(F)cc2F)C(=O)O1. The van der Waals surface area contributed by atoms with E-state index in [0.717, 1.165) is 0 Å². The molecule has 1 aliphatic heterocycles. The lowest BCUT2D eigenvalue weighted by atomic mass is 10.1. The molecule has 1 aliphatic rings. The maximum atomic E-state index is 13.5. The molecule has 1 aromatic rings. The van der Waals surface area contributed by atoms with Gasteiger partial charge in [-0.3, -0.25) is 0 Å². The van der Waals surface area contributed by atoms with Gasteiger partial charge < -0.3 is 14.6 Å². The average Bonchev–Trinajstić information content (AvgIpc) is 2.33. The molecule has 2 rings (SSSR count). The van der Waals surface area contributed by atoms with Gasteiger partial charge in [0.15, 0.2) is 11.6 Å². The van der Waals surface area contributed by atoms with E-state index in [9.17, 15) is 27.9 Å². The summed E-state index contributed by atoms with van der Waals surface area (Å²) in [5.74, 6) is -9.01. The van der Waals surface area contributed by atoms with Crippen LogP contribution in [0.5, 0.6) is 0 Å². The Morgan fingerprint density at radius 3 is 2.09 bits per heavy atom. The van der Waals surface area contributed by atoms with Crippen molar-refractivity contribution in [1.82, 2.24) is 0 Å². The quantitative estimate of drug-likeness (QED) is 0.268. The van der Waals surface area contributed by atoms with Crippen LogP contribution in [0.15, 0.2) is 23.5 Å². The standard InChI is InChI=1S/C14H11F3O5/c1-14(2)21-12(19)11(13(20)22-14)10(18)4-6-3-8(16)9(17)5-7(6)15/h3,5,18H,4H2,1-2H3/p-1. The number of rotatable bonds is 2. The summed E-state index contributed by atoms with van der Waals surface area (Å²) in [5.41, 5.74) is -1.43.